The van der Waals surface area contributed by atoms with E-state index in [0.29, 0.717) is 11.6 Å². The van der Waals surface area contributed by atoms with Crippen molar-refractivity contribution in [1.82, 2.24) is 4.98 Å². The summed E-state index contributed by atoms with van der Waals surface area (Å²) >= 11 is 1.64. The quantitative estimate of drug-likeness (QED) is 0.371. The third kappa shape index (κ3) is 4.25. The van der Waals surface area contributed by atoms with Crippen LogP contribution >= 0.6 is 11.3 Å². The Morgan fingerprint density at radius 3 is 2.37 bits per heavy atom. The fourth-order valence-electron chi connectivity index (χ4n) is 3.26. The summed E-state index contributed by atoms with van der Waals surface area (Å²) in [4.78, 5) is 4.95. The van der Waals surface area contributed by atoms with Crippen molar-refractivity contribution in [2.45, 2.75) is 38.0 Å². The van der Waals surface area contributed by atoms with Crippen LogP contribution in [0.2, 0.25) is 0 Å². The number of nitrogens with one attached hydrogen (secondary N) is 1. The lowest BCUT2D eigenvalue weighted by molar-refractivity contribution is 0.601. The molecule has 4 nitrogen and oxygen atoms in total. The van der Waals surface area contributed by atoms with Gasteiger partial charge in [-0.05, 0) is 78.9 Å². The Morgan fingerprint density at radius 2 is 1.70 bits per heavy atom. The zero-order chi connectivity index (χ0) is 21.3. The van der Waals surface area contributed by atoms with Crippen molar-refractivity contribution >= 4 is 37.3 Å². The van der Waals surface area contributed by atoms with Crippen LogP contribution in [0.15, 0.2) is 71.6 Å². The van der Waals surface area contributed by atoms with Gasteiger partial charge in [-0.3, -0.25) is 4.72 Å². The number of anilines is 1. The molecule has 4 rings (SSSR count). The molecule has 0 spiro atoms. The Labute approximate surface area is 181 Å². The zero-order valence-electron chi connectivity index (χ0n) is 17.2. The molecule has 3 aromatic carbocycles. The Hall–Kier alpha value is -2.70. The third-order valence-electron chi connectivity index (χ3n) is 5.30. The molecule has 1 heterocycles. The van der Waals surface area contributed by atoms with E-state index in [-0.39, 0.29) is 4.90 Å². The highest BCUT2D eigenvalue weighted by Crippen LogP contribution is 2.31. The largest absolute Gasteiger partial charge is 0.280 e. The summed E-state index contributed by atoms with van der Waals surface area (Å²) in [6, 6.07) is 20.7. The van der Waals surface area contributed by atoms with Crippen LogP contribution in [0.1, 0.15) is 37.3 Å². The van der Waals surface area contributed by atoms with Crippen LogP contribution in [-0.2, 0) is 10.0 Å². The van der Waals surface area contributed by atoms with Gasteiger partial charge in [0.1, 0.15) is 5.01 Å². The minimum absolute atomic E-state index is 0.264. The maximum atomic E-state index is 12.7. The van der Waals surface area contributed by atoms with Crippen molar-refractivity contribution in [1.29, 1.82) is 0 Å². The van der Waals surface area contributed by atoms with Crippen LogP contribution in [0.5, 0.6) is 0 Å². The first-order valence-corrected chi connectivity index (χ1v) is 12.3. The van der Waals surface area contributed by atoms with Gasteiger partial charge < -0.3 is 0 Å². The van der Waals surface area contributed by atoms with Crippen molar-refractivity contribution in [3.63, 3.8) is 0 Å². The van der Waals surface area contributed by atoms with Gasteiger partial charge in [0, 0.05) is 11.3 Å². The summed E-state index contributed by atoms with van der Waals surface area (Å²) in [6.07, 6.45) is 1.02. The number of sulfonamides is 1. The first kappa shape index (κ1) is 20.6. The van der Waals surface area contributed by atoms with E-state index in [2.05, 4.69) is 42.6 Å². The standard InChI is InChI=1S/C24H24N2O2S2/c1-4-17(3)18-8-12-21(13-9-18)30(27,28)26-20-10-6-19(7-11-20)24-25-22-14-5-16(2)15-23(22)29-24/h5-15,17,26H,4H2,1-3H3. The van der Waals surface area contributed by atoms with E-state index < -0.39 is 10.0 Å². The van der Waals surface area contributed by atoms with E-state index in [9.17, 15) is 8.42 Å². The van der Waals surface area contributed by atoms with Crippen LogP contribution in [0, 0.1) is 6.92 Å². The summed E-state index contributed by atoms with van der Waals surface area (Å²) in [5.74, 6) is 0.411. The number of benzene rings is 3. The number of thiazole rings is 1. The van der Waals surface area contributed by atoms with Crippen LogP contribution in [0.4, 0.5) is 5.69 Å². The summed E-state index contributed by atoms with van der Waals surface area (Å²) in [7, 11) is -3.63. The lowest BCUT2D eigenvalue weighted by atomic mass is 9.99. The van der Waals surface area contributed by atoms with Gasteiger partial charge in [-0.25, -0.2) is 13.4 Å². The van der Waals surface area contributed by atoms with Gasteiger partial charge in [0.05, 0.1) is 15.1 Å². The summed E-state index contributed by atoms with van der Waals surface area (Å²) < 4.78 is 29.3. The SMILES string of the molecule is CCC(C)c1ccc(S(=O)(=O)Nc2ccc(-c3nc4ccc(C)cc4s3)cc2)cc1. The Balaban J connectivity index is 1.53. The molecule has 1 unspecified atom stereocenters. The van der Waals surface area contributed by atoms with Gasteiger partial charge in [-0.15, -0.1) is 11.3 Å². The van der Waals surface area contributed by atoms with E-state index >= 15 is 0 Å². The predicted molar refractivity (Wildman–Crippen MR) is 126 cm³/mol. The molecule has 0 radical (unpaired) electrons. The van der Waals surface area contributed by atoms with E-state index in [1.165, 1.54) is 5.56 Å². The molecule has 4 aromatic rings. The molecule has 1 atom stereocenters. The fourth-order valence-corrected chi connectivity index (χ4v) is 5.39. The topological polar surface area (TPSA) is 59.1 Å². The van der Waals surface area contributed by atoms with Crippen molar-refractivity contribution in [2.75, 3.05) is 4.72 Å². The average Bonchev–Trinajstić information content (AvgIpc) is 3.16. The van der Waals surface area contributed by atoms with Gasteiger partial charge in [-0.1, -0.05) is 32.0 Å². The van der Waals surface area contributed by atoms with Crippen molar-refractivity contribution in [3.8, 4) is 10.6 Å². The molecule has 30 heavy (non-hydrogen) atoms. The maximum Gasteiger partial charge on any atom is 0.261 e. The molecule has 1 N–H and O–H groups in total. The normalized spacial score (nSPS) is 12.8. The predicted octanol–water partition coefficient (Wildman–Crippen LogP) is 6.59. The molecule has 0 saturated carbocycles. The molecule has 0 amide bonds. The average molecular weight is 437 g/mol. The van der Waals surface area contributed by atoms with E-state index in [1.54, 1.807) is 35.6 Å². The monoisotopic (exact) mass is 436 g/mol. The molecule has 154 valence electrons. The highest BCUT2D eigenvalue weighted by atomic mass is 32.2. The molecule has 0 aliphatic carbocycles. The molecule has 0 aliphatic rings. The van der Waals surface area contributed by atoms with Crippen molar-refractivity contribution in [2.24, 2.45) is 0 Å². The number of fused-ring (bicyclic) bond motifs is 1. The minimum Gasteiger partial charge on any atom is -0.280 e. The van der Waals surface area contributed by atoms with Crippen LogP contribution in [0.3, 0.4) is 0 Å². The number of hydrogen-bond acceptors (Lipinski definition) is 4. The van der Waals surface area contributed by atoms with E-state index in [0.717, 1.165) is 32.8 Å². The molecule has 0 saturated heterocycles. The van der Waals surface area contributed by atoms with Gasteiger partial charge in [0.2, 0.25) is 0 Å². The highest BCUT2D eigenvalue weighted by Gasteiger charge is 2.15. The summed E-state index contributed by atoms with van der Waals surface area (Å²) in [5.41, 5.74) is 4.83. The van der Waals surface area contributed by atoms with Gasteiger partial charge in [0.25, 0.3) is 10.0 Å². The molecule has 6 heteroatoms. The Morgan fingerprint density at radius 1 is 1.00 bits per heavy atom. The number of hydrogen-bond donors (Lipinski definition) is 1. The second kappa shape index (κ2) is 8.20. The van der Waals surface area contributed by atoms with Gasteiger partial charge >= 0.3 is 0 Å². The number of rotatable bonds is 6. The fraction of sp³-hybridized carbons (Fsp3) is 0.208. The number of aryl methyl sites for hydroxylation is 1. The van der Waals surface area contributed by atoms with E-state index in [1.807, 2.05) is 30.3 Å². The third-order valence-corrected chi connectivity index (χ3v) is 7.76. The minimum atomic E-state index is -3.63. The lowest BCUT2D eigenvalue weighted by Crippen LogP contribution is -2.13. The molecule has 0 bridgehead atoms. The molecular weight excluding hydrogens is 412 g/mol. The lowest BCUT2D eigenvalue weighted by Gasteiger charge is -2.11. The van der Waals surface area contributed by atoms with Gasteiger partial charge in [-0.2, -0.15) is 0 Å². The summed E-state index contributed by atoms with van der Waals surface area (Å²) in [5, 5.41) is 0.922. The van der Waals surface area contributed by atoms with Crippen molar-refractivity contribution < 1.29 is 8.42 Å². The molecule has 0 aliphatic heterocycles. The van der Waals surface area contributed by atoms with Crippen LogP contribution in [-0.4, -0.2) is 13.4 Å². The molecule has 0 fully saturated rings. The second-order valence-electron chi connectivity index (χ2n) is 7.55. The zero-order valence-corrected chi connectivity index (χ0v) is 18.8. The Bertz CT molecular complexity index is 1280. The van der Waals surface area contributed by atoms with Gasteiger partial charge in [0.15, 0.2) is 0 Å². The smallest absolute Gasteiger partial charge is 0.261 e. The van der Waals surface area contributed by atoms with Crippen LogP contribution in [0.25, 0.3) is 20.8 Å². The first-order chi connectivity index (χ1) is 14.4. The molecule has 1 aromatic heterocycles. The second-order valence-corrected chi connectivity index (χ2v) is 10.3. The maximum absolute atomic E-state index is 12.7. The first-order valence-electron chi connectivity index (χ1n) is 9.96. The Kier molecular flexibility index (Phi) is 5.62. The number of nitrogens with zero attached hydrogens (tertiary/aromatic N) is 1. The van der Waals surface area contributed by atoms with Crippen molar-refractivity contribution in [3.05, 3.63) is 77.9 Å². The number of aromatic nitrogens is 1. The van der Waals surface area contributed by atoms with E-state index in [4.69, 9.17) is 0 Å². The van der Waals surface area contributed by atoms with Crippen LogP contribution < -0.4 is 4.72 Å². The summed E-state index contributed by atoms with van der Waals surface area (Å²) in [6.45, 7) is 6.32. The highest BCUT2D eigenvalue weighted by molar-refractivity contribution is 7.92. The molecular formula is C24H24N2O2S2.